The maximum absolute atomic E-state index is 12.0. The van der Waals surface area contributed by atoms with E-state index < -0.39 is 6.23 Å². The molecule has 24 heavy (non-hydrogen) atoms. The van der Waals surface area contributed by atoms with Crippen LogP contribution in [0.25, 0.3) is 0 Å². The monoisotopic (exact) mass is 328 g/mol. The van der Waals surface area contributed by atoms with Crippen molar-refractivity contribution in [2.75, 3.05) is 12.4 Å². The first-order valence-corrected chi connectivity index (χ1v) is 7.96. The number of rotatable bonds is 6. The van der Waals surface area contributed by atoms with Crippen molar-refractivity contribution in [3.8, 4) is 11.5 Å². The van der Waals surface area contributed by atoms with Gasteiger partial charge in [-0.25, -0.2) is 4.79 Å². The summed E-state index contributed by atoms with van der Waals surface area (Å²) in [6.45, 7) is 6.06. The summed E-state index contributed by atoms with van der Waals surface area (Å²) in [5.74, 6) is 1.87. The van der Waals surface area contributed by atoms with E-state index in [1.54, 1.807) is 26.2 Å². The molecule has 0 aliphatic rings. The average Bonchev–Trinajstić information content (AvgIpc) is 2.55. The Morgan fingerprint density at radius 3 is 2.33 bits per heavy atom. The van der Waals surface area contributed by atoms with Gasteiger partial charge < -0.3 is 20.1 Å². The van der Waals surface area contributed by atoms with Crippen LogP contribution in [0.4, 0.5) is 10.5 Å². The highest BCUT2D eigenvalue weighted by Crippen LogP contribution is 2.19. The van der Waals surface area contributed by atoms with Gasteiger partial charge in [-0.05, 0) is 42.7 Å². The molecule has 2 rings (SSSR count). The summed E-state index contributed by atoms with van der Waals surface area (Å²) >= 11 is 0. The summed E-state index contributed by atoms with van der Waals surface area (Å²) in [4.78, 5) is 12.0. The summed E-state index contributed by atoms with van der Waals surface area (Å²) in [5, 5.41) is 5.49. The Kier molecular flexibility index (Phi) is 6.07. The number of urea groups is 1. The van der Waals surface area contributed by atoms with Crippen LogP contribution in [0.15, 0.2) is 48.5 Å². The zero-order valence-electron chi connectivity index (χ0n) is 14.5. The van der Waals surface area contributed by atoms with Crippen molar-refractivity contribution in [1.82, 2.24) is 5.32 Å². The van der Waals surface area contributed by atoms with Crippen LogP contribution in [0.5, 0.6) is 11.5 Å². The van der Waals surface area contributed by atoms with E-state index >= 15 is 0 Å². The number of nitrogens with one attached hydrogen (secondary N) is 2. The first kappa shape index (κ1) is 17.7. The number of ether oxygens (including phenoxy) is 2. The van der Waals surface area contributed by atoms with Crippen molar-refractivity contribution in [1.29, 1.82) is 0 Å². The van der Waals surface area contributed by atoms with Gasteiger partial charge in [-0.15, -0.1) is 0 Å². The molecule has 0 saturated heterocycles. The van der Waals surface area contributed by atoms with Gasteiger partial charge in [0, 0.05) is 11.8 Å². The van der Waals surface area contributed by atoms with Crippen LogP contribution in [0.2, 0.25) is 0 Å². The van der Waals surface area contributed by atoms with Gasteiger partial charge >= 0.3 is 6.03 Å². The van der Waals surface area contributed by atoms with Crippen molar-refractivity contribution in [2.24, 2.45) is 0 Å². The van der Waals surface area contributed by atoms with Gasteiger partial charge in [-0.2, -0.15) is 0 Å². The molecule has 5 nitrogen and oxygen atoms in total. The molecular weight excluding hydrogens is 304 g/mol. The Hall–Kier alpha value is -2.69. The minimum absolute atomic E-state index is 0.338. The quantitative estimate of drug-likeness (QED) is 0.774. The molecule has 0 bridgehead atoms. The molecule has 0 heterocycles. The Morgan fingerprint density at radius 2 is 1.71 bits per heavy atom. The van der Waals surface area contributed by atoms with Crippen LogP contribution >= 0.6 is 0 Å². The van der Waals surface area contributed by atoms with Crippen LogP contribution in [0.1, 0.15) is 32.3 Å². The molecule has 0 saturated carbocycles. The summed E-state index contributed by atoms with van der Waals surface area (Å²) in [5.41, 5.74) is 1.90. The number of hydrogen-bond acceptors (Lipinski definition) is 3. The second-order valence-electron chi connectivity index (χ2n) is 5.81. The molecule has 0 spiro atoms. The second-order valence-corrected chi connectivity index (χ2v) is 5.81. The lowest BCUT2D eigenvalue weighted by atomic mass is 10.0. The summed E-state index contributed by atoms with van der Waals surface area (Å²) < 4.78 is 10.8. The first-order valence-electron chi connectivity index (χ1n) is 7.96. The zero-order chi connectivity index (χ0) is 17.5. The van der Waals surface area contributed by atoms with Crippen molar-refractivity contribution in [3.63, 3.8) is 0 Å². The number of carbonyl (C=O) groups excluding carboxylic acids is 1. The third kappa shape index (κ3) is 5.19. The summed E-state index contributed by atoms with van der Waals surface area (Å²) in [6, 6.07) is 14.7. The maximum atomic E-state index is 12.0. The average molecular weight is 328 g/mol. The van der Waals surface area contributed by atoms with E-state index in [0.717, 1.165) is 0 Å². The lowest BCUT2D eigenvalue weighted by molar-refractivity contribution is 0.183. The van der Waals surface area contributed by atoms with Gasteiger partial charge in [-0.3, -0.25) is 0 Å². The molecule has 5 heteroatoms. The number of carbonyl (C=O) groups is 1. The number of methoxy groups -OCH3 is 1. The van der Waals surface area contributed by atoms with Crippen molar-refractivity contribution in [2.45, 2.75) is 32.9 Å². The molecule has 2 aromatic rings. The molecule has 2 amide bonds. The molecule has 1 atom stereocenters. The number of benzene rings is 2. The fourth-order valence-corrected chi connectivity index (χ4v) is 2.22. The van der Waals surface area contributed by atoms with Gasteiger partial charge in [0.25, 0.3) is 0 Å². The van der Waals surface area contributed by atoms with Crippen LogP contribution in [-0.4, -0.2) is 19.4 Å². The second kappa shape index (κ2) is 8.24. The highest BCUT2D eigenvalue weighted by Gasteiger charge is 2.09. The van der Waals surface area contributed by atoms with E-state index in [0.29, 0.717) is 23.1 Å². The predicted octanol–water partition coefficient (Wildman–Crippen LogP) is 4.37. The number of hydrogen-bond donors (Lipinski definition) is 2. The molecule has 0 radical (unpaired) electrons. The third-order valence-corrected chi connectivity index (χ3v) is 3.52. The van der Waals surface area contributed by atoms with Crippen molar-refractivity contribution >= 4 is 11.7 Å². The SMILES string of the molecule is COc1cccc(NC(=O)NC(C)Oc2ccc(C(C)C)cc2)c1. The van der Waals surface area contributed by atoms with E-state index in [1.165, 1.54) is 5.56 Å². The molecule has 2 N–H and O–H groups in total. The Labute approximate surface area is 143 Å². The van der Waals surface area contributed by atoms with Crippen LogP contribution in [-0.2, 0) is 0 Å². The molecule has 2 aromatic carbocycles. The molecule has 1 unspecified atom stereocenters. The van der Waals surface area contributed by atoms with E-state index in [2.05, 4.69) is 24.5 Å². The van der Waals surface area contributed by atoms with E-state index in [4.69, 9.17) is 9.47 Å². The van der Waals surface area contributed by atoms with Gasteiger partial charge in [0.2, 0.25) is 0 Å². The lowest BCUT2D eigenvalue weighted by Crippen LogP contribution is -2.39. The fourth-order valence-electron chi connectivity index (χ4n) is 2.22. The largest absolute Gasteiger partial charge is 0.497 e. The Bertz CT molecular complexity index is 669. The normalized spacial score (nSPS) is 11.7. The topological polar surface area (TPSA) is 59.6 Å². The number of amides is 2. The van der Waals surface area contributed by atoms with Crippen molar-refractivity contribution < 1.29 is 14.3 Å². The standard InChI is InChI=1S/C19H24N2O3/c1-13(2)15-8-10-17(11-9-15)24-14(3)20-19(22)21-16-6-5-7-18(12-16)23-4/h5-14H,1-4H3,(H2,20,21,22). The smallest absolute Gasteiger partial charge is 0.322 e. The summed E-state index contributed by atoms with van der Waals surface area (Å²) in [7, 11) is 1.58. The molecular formula is C19H24N2O3. The molecule has 0 aromatic heterocycles. The zero-order valence-corrected chi connectivity index (χ0v) is 14.5. The third-order valence-electron chi connectivity index (χ3n) is 3.52. The van der Waals surface area contributed by atoms with E-state index in [9.17, 15) is 4.79 Å². The Morgan fingerprint density at radius 1 is 1.00 bits per heavy atom. The highest BCUT2D eigenvalue weighted by molar-refractivity contribution is 5.89. The maximum Gasteiger partial charge on any atom is 0.322 e. The van der Waals surface area contributed by atoms with Crippen LogP contribution in [0.3, 0.4) is 0 Å². The van der Waals surface area contributed by atoms with Gasteiger partial charge in [-0.1, -0.05) is 32.0 Å². The number of anilines is 1. The van der Waals surface area contributed by atoms with Gasteiger partial charge in [0.15, 0.2) is 6.23 Å². The fraction of sp³-hybridized carbons (Fsp3) is 0.316. The molecule has 128 valence electrons. The lowest BCUT2D eigenvalue weighted by Gasteiger charge is -2.17. The molecule has 0 fully saturated rings. The molecule has 0 aliphatic heterocycles. The van der Waals surface area contributed by atoms with E-state index in [-0.39, 0.29) is 6.03 Å². The first-order chi connectivity index (χ1) is 11.5. The molecule has 0 aliphatic carbocycles. The van der Waals surface area contributed by atoms with Crippen molar-refractivity contribution in [3.05, 3.63) is 54.1 Å². The Balaban J connectivity index is 1.86. The highest BCUT2D eigenvalue weighted by atomic mass is 16.5. The van der Waals surface area contributed by atoms with Gasteiger partial charge in [0.1, 0.15) is 11.5 Å². The minimum Gasteiger partial charge on any atom is -0.497 e. The minimum atomic E-state index is -0.458. The van der Waals surface area contributed by atoms with Gasteiger partial charge in [0.05, 0.1) is 7.11 Å². The van der Waals surface area contributed by atoms with Crippen LogP contribution in [0, 0.1) is 0 Å². The van der Waals surface area contributed by atoms with Crippen LogP contribution < -0.4 is 20.1 Å². The predicted molar refractivity (Wildman–Crippen MR) is 95.8 cm³/mol. The summed E-state index contributed by atoms with van der Waals surface area (Å²) in [6.07, 6.45) is -0.458. The van der Waals surface area contributed by atoms with E-state index in [1.807, 2.05) is 36.4 Å².